The summed E-state index contributed by atoms with van der Waals surface area (Å²) < 4.78 is 43.2. The van der Waals surface area contributed by atoms with Gasteiger partial charge in [-0.1, -0.05) is 41.1 Å². The highest BCUT2D eigenvalue weighted by molar-refractivity contribution is 9.10. The fraction of sp³-hybridized carbons (Fsp3) is 0.588. The molecule has 0 radical (unpaired) electrons. The first kappa shape index (κ1) is 37.6. The number of carbonyl (C=O) groups is 4. The first-order chi connectivity index (χ1) is 22.5. The van der Waals surface area contributed by atoms with Crippen molar-refractivity contribution in [2.24, 2.45) is 17.8 Å². The summed E-state index contributed by atoms with van der Waals surface area (Å²) in [5.41, 5.74) is -2.16. The normalized spacial score (nSPS) is 27.2. The largest absolute Gasteiger partial charge is 0.467 e. The summed E-state index contributed by atoms with van der Waals surface area (Å²) in [4.78, 5) is 55.2. The highest BCUT2D eigenvalue weighted by atomic mass is 79.9. The van der Waals surface area contributed by atoms with Crippen LogP contribution < -0.4 is 10.6 Å². The zero-order valence-electron chi connectivity index (χ0n) is 28.1. The van der Waals surface area contributed by atoms with Crippen LogP contribution in [-0.2, 0) is 38.2 Å². The molecule has 0 aromatic heterocycles. The molecule has 4 rings (SSSR count). The van der Waals surface area contributed by atoms with Crippen molar-refractivity contribution in [2.45, 2.75) is 100 Å². The van der Waals surface area contributed by atoms with E-state index in [9.17, 15) is 27.6 Å². The van der Waals surface area contributed by atoms with Gasteiger partial charge in [-0.15, -0.1) is 6.58 Å². The molecule has 14 heteroatoms. The number of alkyl carbamates (subject to hydrolysis) is 1. The predicted octanol–water partition coefficient (Wildman–Crippen LogP) is 4.63. The molecule has 1 heterocycles. The molecule has 7 atom stereocenters. The molecule has 2 aliphatic carbocycles. The lowest BCUT2D eigenvalue weighted by Crippen LogP contribution is -2.57. The van der Waals surface area contributed by atoms with Crippen LogP contribution in [0.15, 0.2) is 58.4 Å². The van der Waals surface area contributed by atoms with Gasteiger partial charge in [0.1, 0.15) is 23.2 Å². The number of methoxy groups -OCH3 is 1. The van der Waals surface area contributed by atoms with E-state index in [4.69, 9.17) is 13.7 Å². The molecule has 0 bridgehead atoms. The lowest BCUT2D eigenvalue weighted by atomic mass is 10.1. The van der Waals surface area contributed by atoms with Crippen molar-refractivity contribution < 1.29 is 41.3 Å². The molecule has 3 fully saturated rings. The van der Waals surface area contributed by atoms with Crippen molar-refractivity contribution in [2.75, 3.05) is 13.7 Å². The molecule has 1 saturated heterocycles. The summed E-state index contributed by atoms with van der Waals surface area (Å²) in [6.45, 7) is 10.7. The second-order valence-corrected chi connectivity index (χ2v) is 16.1. The van der Waals surface area contributed by atoms with E-state index in [1.807, 2.05) is 6.92 Å². The summed E-state index contributed by atoms with van der Waals surface area (Å²) in [6.07, 6.45) is 7.19. The molecule has 2 N–H and O–H groups in total. The Hall–Kier alpha value is -3.23. The van der Waals surface area contributed by atoms with Gasteiger partial charge in [-0.2, -0.15) is 8.42 Å². The molecule has 48 heavy (non-hydrogen) atoms. The fourth-order valence-corrected chi connectivity index (χ4v) is 7.60. The van der Waals surface area contributed by atoms with Gasteiger partial charge in [-0.25, -0.2) is 9.59 Å². The topological polar surface area (TPSA) is 157 Å². The van der Waals surface area contributed by atoms with Crippen LogP contribution in [0.2, 0.25) is 0 Å². The number of hydrogen-bond donors (Lipinski definition) is 2. The average Bonchev–Trinajstić information content (AvgIpc) is 3.90. The van der Waals surface area contributed by atoms with Crippen LogP contribution in [0.1, 0.15) is 66.2 Å². The Morgan fingerprint density at radius 3 is 2.42 bits per heavy atom. The van der Waals surface area contributed by atoms with Gasteiger partial charge in [-0.05, 0) is 89.0 Å². The van der Waals surface area contributed by atoms with E-state index in [0.29, 0.717) is 10.9 Å². The standard InChI is InChI=1S/C34H46BrN3O9S/c1-7-9-10-11-12-21-17-26(21)28(36-32(42)46-33(3,4)5)30(40)38-20-24(47-48(43,44)25-15-13-23(35)14-16-25)18-27(38)29(39)37-34(31(41)45-6)19-22(34)8-2/h8-10,13-16,21-22,24,26-28H,2,7,11-12,17-20H2,1,3-6H3,(H,36,42)(H,37,39)/b10-9-/t21-,22-,24+,26-,27+,28+,34-/m1/s1. The third-order valence-corrected chi connectivity index (χ3v) is 10.8. The maximum atomic E-state index is 14.4. The summed E-state index contributed by atoms with van der Waals surface area (Å²) in [5, 5.41) is 5.51. The highest BCUT2D eigenvalue weighted by Gasteiger charge is 2.62. The maximum absolute atomic E-state index is 14.4. The molecule has 0 unspecified atom stereocenters. The maximum Gasteiger partial charge on any atom is 0.408 e. The van der Waals surface area contributed by atoms with Crippen LogP contribution in [-0.4, -0.2) is 80.2 Å². The van der Waals surface area contributed by atoms with E-state index < -0.39 is 63.3 Å². The molecule has 1 aliphatic heterocycles. The third kappa shape index (κ3) is 9.06. The number of allylic oxidation sites excluding steroid dienone is 2. The molecule has 2 saturated carbocycles. The number of nitrogens with one attached hydrogen (secondary N) is 2. The van der Waals surface area contributed by atoms with Gasteiger partial charge in [0.2, 0.25) is 11.8 Å². The zero-order chi connectivity index (χ0) is 35.4. The Morgan fingerprint density at radius 1 is 1.15 bits per heavy atom. The highest BCUT2D eigenvalue weighted by Crippen LogP contribution is 2.47. The van der Waals surface area contributed by atoms with Crippen molar-refractivity contribution in [3.05, 3.63) is 53.5 Å². The number of amides is 3. The molecule has 12 nitrogen and oxygen atoms in total. The number of likely N-dealkylation sites (tertiary alicyclic amines) is 1. The Balaban J connectivity index is 1.62. The Morgan fingerprint density at radius 2 is 1.83 bits per heavy atom. The van der Waals surface area contributed by atoms with Gasteiger partial charge in [0.25, 0.3) is 10.1 Å². The summed E-state index contributed by atoms with van der Waals surface area (Å²) >= 11 is 3.28. The molecular weight excluding hydrogens is 706 g/mol. The first-order valence-corrected chi connectivity index (χ1v) is 18.4. The van der Waals surface area contributed by atoms with Gasteiger partial charge in [0.05, 0.1) is 18.1 Å². The van der Waals surface area contributed by atoms with Crippen molar-refractivity contribution in [3.63, 3.8) is 0 Å². The van der Waals surface area contributed by atoms with E-state index in [-0.39, 0.29) is 42.0 Å². The van der Waals surface area contributed by atoms with E-state index in [1.165, 1.54) is 24.1 Å². The zero-order valence-corrected chi connectivity index (χ0v) is 30.5. The van der Waals surface area contributed by atoms with Gasteiger partial charge < -0.3 is 25.0 Å². The van der Waals surface area contributed by atoms with E-state index in [1.54, 1.807) is 39.0 Å². The molecule has 3 aliphatic rings. The van der Waals surface area contributed by atoms with Crippen molar-refractivity contribution in [1.82, 2.24) is 15.5 Å². The van der Waals surface area contributed by atoms with Crippen LogP contribution in [0.3, 0.4) is 0 Å². The van der Waals surface area contributed by atoms with Crippen LogP contribution in [0.25, 0.3) is 0 Å². The van der Waals surface area contributed by atoms with Gasteiger partial charge in [0.15, 0.2) is 0 Å². The minimum Gasteiger partial charge on any atom is -0.467 e. The van der Waals surface area contributed by atoms with E-state index >= 15 is 0 Å². The Bertz CT molecular complexity index is 1520. The van der Waals surface area contributed by atoms with Gasteiger partial charge in [0, 0.05) is 23.4 Å². The van der Waals surface area contributed by atoms with Crippen LogP contribution >= 0.6 is 15.9 Å². The minimum absolute atomic E-state index is 0.0876. The Labute approximate surface area is 291 Å². The first-order valence-electron chi connectivity index (χ1n) is 16.2. The summed E-state index contributed by atoms with van der Waals surface area (Å²) in [6, 6.07) is 3.65. The second kappa shape index (κ2) is 15.1. The lowest BCUT2D eigenvalue weighted by molar-refractivity contribution is -0.148. The van der Waals surface area contributed by atoms with E-state index in [0.717, 1.165) is 19.3 Å². The van der Waals surface area contributed by atoms with Crippen LogP contribution in [0.4, 0.5) is 4.79 Å². The minimum atomic E-state index is -4.27. The van der Waals surface area contributed by atoms with Crippen molar-refractivity contribution in [3.8, 4) is 0 Å². The Kier molecular flexibility index (Phi) is 11.8. The SMILES string of the molecule is C=C[C@@H]1C[C@]1(NC(=O)[C@@H]1C[C@H](OS(=O)(=O)c2ccc(Br)cc2)CN1C(=O)[C@@H](NC(=O)OC(C)(C)C)[C@@H]1C[C@H]1CC/C=C\CC)C(=O)OC. The van der Waals surface area contributed by atoms with E-state index in [2.05, 4.69) is 45.3 Å². The number of rotatable bonds is 14. The second-order valence-electron chi connectivity index (χ2n) is 13.6. The molecule has 3 amide bonds. The summed E-state index contributed by atoms with van der Waals surface area (Å²) in [7, 11) is -3.06. The van der Waals surface area contributed by atoms with Crippen LogP contribution in [0.5, 0.6) is 0 Å². The fourth-order valence-electron chi connectivity index (χ4n) is 6.25. The quantitative estimate of drug-likeness (QED) is 0.157. The number of benzene rings is 1. The molecule has 1 aromatic carbocycles. The van der Waals surface area contributed by atoms with Crippen LogP contribution in [0, 0.1) is 17.8 Å². The number of esters is 1. The number of halogens is 1. The number of hydrogen-bond acceptors (Lipinski definition) is 9. The molecule has 0 spiro atoms. The molecule has 264 valence electrons. The summed E-state index contributed by atoms with van der Waals surface area (Å²) in [5.74, 6) is -2.32. The van der Waals surface area contributed by atoms with Crippen molar-refractivity contribution in [1.29, 1.82) is 0 Å². The lowest BCUT2D eigenvalue weighted by Gasteiger charge is -2.30. The molecular formula is C34H46BrN3O9S. The van der Waals surface area contributed by atoms with Gasteiger partial charge in [-0.3, -0.25) is 13.8 Å². The third-order valence-electron chi connectivity index (χ3n) is 8.86. The predicted molar refractivity (Wildman–Crippen MR) is 181 cm³/mol. The average molecular weight is 753 g/mol. The van der Waals surface area contributed by atoms with Gasteiger partial charge >= 0.3 is 12.1 Å². The van der Waals surface area contributed by atoms with Crippen molar-refractivity contribution >= 4 is 49.9 Å². The number of ether oxygens (including phenoxy) is 2. The monoisotopic (exact) mass is 751 g/mol. The number of nitrogens with zero attached hydrogens (tertiary/aromatic N) is 1. The molecule has 1 aromatic rings. The smallest absolute Gasteiger partial charge is 0.408 e. The number of carbonyl (C=O) groups excluding carboxylic acids is 4.